The zero-order valence-corrected chi connectivity index (χ0v) is 18.9. The molecule has 0 saturated carbocycles. The predicted molar refractivity (Wildman–Crippen MR) is 121 cm³/mol. The number of nitrogens with zero attached hydrogens (tertiary/aromatic N) is 2. The van der Waals surface area contributed by atoms with Crippen LogP contribution in [0.3, 0.4) is 0 Å². The number of carbonyl (C=O) groups excluding carboxylic acids is 1. The van der Waals surface area contributed by atoms with Gasteiger partial charge < -0.3 is 14.3 Å². The number of carboxylic acids is 1. The van der Waals surface area contributed by atoms with Crippen molar-refractivity contribution in [3.8, 4) is 11.1 Å². The Labute approximate surface area is 184 Å². The smallest absolute Gasteiger partial charge is 0.410 e. The molecular formula is C25H33N2O4+. The average molecular weight is 426 g/mol. The number of aliphatic carboxylic acids is 1. The average Bonchev–Trinajstić information content (AvgIpc) is 3.04. The van der Waals surface area contributed by atoms with Crippen molar-refractivity contribution < 1.29 is 23.9 Å². The van der Waals surface area contributed by atoms with E-state index in [1.54, 1.807) is 0 Å². The Balaban J connectivity index is 1.62. The Bertz CT molecular complexity index is 890. The first-order valence-corrected chi connectivity index (χ1v) is 10.8. The van der Waals surface area contributed by atoms with E-state index in [2.05, 4.69) is 45.4 Å². The van der Waals surface area contributed by atoms with Gasteiger partial charge in [-0.15, -0.1) is 0 Å². The molecule has 1 atom stereocenters. The minimum Gasteiger partial charge on any atom is -0.480 e. The van der Waals surface area contributed by atoms with Gasteiger partial charge in [-0.05, 0) is 41.5 Å². The second kappa shape index (κ2) is 9.52. The van der Waals surface area contributed by atoms with Crippen LogP contribution < -0.4 is 0 Å². The zero-order valence-electron chi connectivity index (χ0n) is 18.9. The molecule has 3 rings (SSSR count). The first-order valence-electron chi connectivity index (χ1n) is 10.8. The summed E-state index contributed by atoms with van der Waals surface area (Å²) in [7, 11) is 7.84. The lowest BCUT2D eigenvalue weighted by Crippen LogP contribution is -2.43. The number of carbonyl (C=O) groups is 2. The topological polar surface area (TPSA) is 66.8 Å². The number of benzene rings is 2. The van der Waals surface area contributed by atoms with E-state index in [0.29, 0.717) is 6.42 Å². The van der Waals surface area contributed by atoms with Crippen LogP contribution in [0.5, 0.6) is 0 Å². The molecule has 166 valence electrons. The maximum atomic E-state index is 12.7. The Kier molecular flexibility index (Phi) is 7.01. The van der Waals surface area contributed by atoms with Gasteiger partial charge in [0.15, 0.2) is 0 Å². The number of rotatable bonds is 9. The fourth-order valence-electron chi connectivity index (χ4n) is 4.23. The molecule has 0 aromatic heterocycles. The molecule has 0 saturated heterocycles. The first-order chi connectivity index (χ1) is 14.7. The van der Waals surface area contributed by atoms with E-state index >= 15 is 0 Å². The van der Waals surface area contributed by atoms with Crippen LogP contribution in [-0.4, -0.2) is 73.9 Å². The van der Waals surface area contributed by atoms with Crippen molar-refractivity contribution in [2.24, 2.45) is 0 Å². The molecule has 1 aliphatic carbocycles. The molecule has 1 N–H and O–H groups in total. The van der Waals surface area contributed by atoms with Gasteiger partial charge in [0.05, 0.1) is 27.7 Å². The molecule has 0 fully saturated rings. The van der Waals surface area contributed by atoms with Crippen LogP contribution in [0.25, 0.3) is 11.1 Å². The van der Waals surface area contributed by atoms with E-state index in [4.69, 9.17) is 4.74 Å². The summed E-state index contributed by atoms with van der Waals surface area (Å²) in [6.45, 7) is 1.14. The Morgan fingerprint density at radius 1 is 1.00 bits per heavy atom. The van der Waals surface area contributed by atoms with Gasteiger partial charge in [-0.2, -0.15) is 0 Å². The summed E-state index contributed by atoms with van der Waals surface area (Å²) in [5, 5.41) is 9.64. The molecule has 0 heterocycles. The lowest BCUT2D eigenvalue weighted by atomic mass is 9.98. The highest BCUT2D eigenvalue weighted by Gasteiger charge is 2.31. The van der Waals surface area contributed by atoms with Crippen LogP contribution in [0, 0.1) is 0 Å². The Morgan fingerprint density at radius 2 is 1.55 bits per heavy atom. The molecule has 0 radical (unpaired) electrons. The quantitative estimate of drug-likeness (QED) is 0.483. The molecule has 31 heavy (non-hydrogen) atoms. The highest BCUT2D eigenvalue weighted by molar-refractivity contribution is 5.81. The third-order valence-electron chi connectivity index (χ3n) is 5.93. The van der Waals surface area contributed by atoms with Crippen LogP contribution in [0.4, 0.5) is 4.79 Å². The third kappa shape index (κ3) is 5.44. The summed E-state index contributed by atoms with van der Waals surface area (Å²) >= 11 is 0. The molecular weight excluding hydrogens is 392 g/mol. The van der Waals surface area contributed by atoms with Crippen molar-refractivity contribution in [1.29, 1.82) is 0 Å². The van der Waals surface area contributed by atoms with Crippen LogP contribution in [0.1, 0.15) is 36.3 Å². The number of fused-ring (bicyclic) bond motifs is 3. The summed E-state index contributed by atoms with van der Waals surface area (Å²) in [4.78, 5) is 25.7. The molecule has 1 aliphatic rings. The highest BCUT2D eigenvalue weighted by Crippen LogP contribution is 2.44. The monoisotopic (exact) mass is 425 g/mol. The van der Waals surface area contributed by atoms with Crippen LogP contribution in [0.2, 0.25) is 0 Å². The number of hydrogen-bond acceptors (Lipinski definition) is 3. The summed E-state index contributed by atoms with van der Waals surface area (Å²) in [5.74, 6) is -1.04. The van der Waals surface area contributed by atoms with Crippen LogP contribution >= 0.6 is 0 Å². The standard InChI is InChI=1S/C25H32N2O4/c1-26(23(24(28)29)15-9-10-16-27(2,3)4)25(30)31-17-22-20-13-7-5-11-18(20)19-12-6-8-14-21(19)22/h5-8,11-14,22-23H,9-10,15-17H2,1-4H3/p+1/t23-/m0/s1. The van der Waals surface area contributed by atoms with Crippen LogP contribution in [-0.2, 0) is 9.53 Å². The maximum absolute atomic E-state index is 12.7. The molecule has 2 aromatic rings. The van der Waals surface area contributed by atoms with Crippen molar-refractivity contribution in [2.45, 2.75) is 31.2 Å². The van der Waals surface area contributed by atoms with E-state index in [-0.39, 0.29) is 12.5 Å². The second-order valence-electron chi connectivity index (χ2n) is 9.28. The molecule has 0 aliphatic heterocycles. The van der Waals surface area contributed by atoms with Gasteiger partial charge in [0.1, 0.15) is 12.6 Å². The number of hydrogen-bond donors (Lipinski definition) is 1. The van der Waals surface area contributed by atoms with E-state index in [0.717, 1.165) is 46.1 Å². The SMILES string of the molecule is CN(C(=O)OCC1c2ccccc2-c2ccccc21)[C@@H](CCCC[N+](C)(C)C)C(=O)O. The zero-order chi connectivity index (χ0) is 22.6. The largest absolute Gasteiger partial charge is 0.480 e. The lowest BCUT2D eigenvalue weighted by Gasteiger charge is -2.26. The molecule has 6 nitrogen and oxygen atoms in total. The Hall–Kier alpha value is -2.86. The molecule has 0 unspecified atom stereocenters. The van der Waals surface area contributed by atoms with E-state index < -0.39 is 18.1 Å². The van der Waals surface area contributed by atoms with Gasteiger partial charge in [-0.25, -0.2) is 9.59 Å². The van der Waals surface area contributed by atoms with Gasteiger partial charge in [0.2, 0.25) is 0 Å². The summed E-state index contributed by atoms with van der Waals surface area (Å²) in [6.07, 6.45) is 1.47. The van der Waals surface area contributed by atoms with Crippen molar-refractivity contribution in [3.63, 3.8) is 0 Å². The fraction of sp³-hybridized carbons (Fsp3) is 0.440. The van der Waals surface area contributed by atoms with Gasteiger partial charge >= 0.3 is 12.1 Å². The number of ether oxygens (including phenoxy) is 1. The number of quaternary nitrogens is 1. The number of unbranched alkanes of at least 4 members (excludes halogenated alkanes) is 1. The van der Waals surface area contributed by atoms with Crippen molar-refractivity contribution in [2.75, 3.05) is 41.3 Å². The lowest BCUT2D eigenvalue weighted by molar-refractivity contribution is -0.870. The summed E-state index contributed by atoms with van der Waals surface area (Å²) in [6, 6.07) is 15.4. The van der Waals surface area contributed by atoms with Crippen molar-refractivity contribution in [3.05, 3.63) is 59.7 Å². The predicted octanol–water partition coefficient (Wildman–Crippen LogP) is 4.20. The van der Waals surface area contributed by atoms with Gasteiger partial charge in [-0.3, -0.25) is 4.90 Å². The minimum atomic E-state index is -0.999. The maximum Gasteiger partial charge on any atom is 0.410 e. The normalized spacial score (nSPS) is 13.9. The summed E-state index contributed by atoms with van der Waals surface area (Å²) in [5.41, 5.74) is 4.59. The Morgan fingerprint density at radius 3 is 2.06 bits per heavy atom. The minimum absolute atomic E-state index is 0.0439. The van der Waals surface area contributed by atoms with E-state index in [1.165, 1.54) is 11.9 Å². The van der Waals surface area contributed by atoms with Crippen LogP contribution in [0.15, 0.2) is 48.5 Å². The van der Waals surface area contributed by atoms with Gasteiger partial charge in [-0.1, -0.05) is 48.5 Å². The second-order valence-corrected chi connectivity index (χ2v) is 9.28. The molecule has 0 bridgehead atoms. The molecule has 1 amide bonds. The molecule has 2 aromatic carbocycles. The van der Waals surface area contributed by atoms with Gasteiger partial charge in [0.25, 0.3) is 0 Å². The van der Waals surface area contributed by atoms with E-state index in [1.807, 2.05) is 24.3 Å². The van der Waals surface area contributed by atoms with E-state index in [9.17, 15) is 14.7 Å². The van der Waals surface area contributed by atoms with Crippen molar-refractivity contribution in [1.82, 2.24) is 4.90 Å². The third-order valence-corrected chi connectivity index (χ3v) is 5.93. The number of likely N-dealkylation sites (N-methyl/N-ethyl adjacent to an activating group) is 1. The summed E-state index contributed by atoms with van der Waals surface area (Å²) < 4.78 is 6.45. The van der Waals surface area contributed by atoms with Gasteiger partial charge in [0, 0.05) is 13.0 Å². The number of carboxylic acid groups (broad SMARTS) is 1. The van der Waals surface area contributed by atoms with Crippen molar-refractivity contribution >= 4 is 12.1 Å². The number of amides is 1. The molecule has 0 spiro atoms. The highest BCUT2D eigenvalue weighted by atomic mass is 16.6. The first kappa shape index (κ1) is 22.8. The molecule has 6 heteroatoms. The fourth-order valence-corrected chi connectivity index (χ4v) is 4.23.